The van der Waals surface area contributed by atoms with Gasteiger partial charge in [0.1, 0.15) is 10.6 Å². The number of halogens is 1. The van der Waals surface area contributed by atoms with Crippen LogP contribution in [0.15, 0.2) is 23.4 Å². The van der Waals surface area contributed by atoms with Crippen molar-refractivity contribution >= 4 is 29.3 Å². The summed E-state index contributed by atoms with van der Waals surface area (Å²) in [6.07, 6.45) is 3.65. The third-order valence-corrected chi connectivity index (χ3v) is 4.71. The number of aliphatic carboxylic acids is 1. The highest BCUT2D eigenvalue weighted by molar-refractivity contribution is 7.99. The quantitative estimate of drug-likeness (QED) is 0.571. The Morgan fingerprint density at radius 2 is 2.37 bits per heavy atom. The fourth-order valence-electron chi connectivity index (χ4n) is 1.86. The number of likely N-dealkylation sites (N-methyl/N-ethyl adjacent to an activating group) is 1. The summed E-state index contributed by atoms with van der Waals surface area (Å²) in [6, 6.07) is 3.60. The van der Waals surface area contributed by atoms with Crippen LogP contribution >= 0.6 is 23.4 Å². The van der Waals surface area contributed by atoms with Gasteiger partial charge in [0, 0.05) is 6.20 Å². The Hall–Kier alpha value is -0.780. The third kappa shape index (κ3) is 4.37. The largest absolute Gasteiger partial charge is 0.480 e. The fourth-order valence-corrected chi connectivity index (χ4v) is 2.97. The number of nitrogens with zero attached hydrogens (tertiary/aromatic N) is 1. The van der Waals surface area contributed by atoms with E-state index in [4.69, 9.17) is 11.6 Å². The van der Waals surface area contributed by atoms with Crippen LogP contribution in [0.25, 0.3) is 0 Å². The Morgan fingerprint density at radius 1 is 1.63 bits per heavy atom. The van der Waals surface area contributed by atoms with Gasteiger partial charge in [-0.05, 0) is 44.2 Å². The molecule has 1 unspecified atom stereocenters. The summed E-state index contributed by atoms with van der Waals surface area (Å²) in [4.78, 5) is 15.5. The normalized spacial score (nSPS) is 14.1. The van der Waals surface area contributed by atoms with Crippen LogP contribution in [0.4, 0.5) is 0 Å². The molecule has 0 spiro atoms. The minimum Gasteiger partial charge on any atom is -0.480 e. The minimum atomic E-state index is -0.825. The zero-order valence-corrected chi connectivity index (χ0v) is 12.7. The summed E-state index contributed by atoms with van der Waals surface area (Å²) in [5.74, 6) is 0.00587. The summed E-state index contributed by atoms with van der Waals surface area (Å²) in [7, 11) is 1.69. The third-order valence-electron chi connectivity index (χ3n) is 3.20. The predicted octanol–water partition coefficient (Wildman–Crippen LogP) is 3.06. The minimum absolute atomic E-state index is 0.563. The van der Waals surface area contributed by atoms with Gasteiger partial charge in [-0.2, -0.15) is 0 Å². The lowest BCUT2D eigenvalue weighted by Gasteiger charge is -2.27. The maximum atomic E-state index is 11.3. The molecule has 1 heterocycles. The lowest BCUT2D eigenvalue weighted by molar-refractivity contribution is -0.145. The topological polar surface area (TPSA) is 62.2 Å². The standard InChI is InChI=1S/C13H19ClN2O2S/c1-3-13(15-2,12(17)18)7-5-9-19-11-10(14)6-4-8-16-11/h4,6,8,15H,3,5,7,9H2,1-2H3,(H,17,18). The maximum Gasteiger partial charge on any atom is 0.323 e. The first kappa shape index (κ1) is 16.3. The van der Waals surface area contributed by atoms with Gasteiger partial charge in [-0.25, -0.2) is 4.98 Å². The highest BCUT2D eigenvalue weighted by atomic mass is 35.5. The summed E-state index contributed by atoms with van der Waals surface area (Å²) in [5.41, 5.74) is -0.825. The Labute approximate surface area is 123 Å². The molecule has 1 aromatic rings. The van der Waals surface area contributed by atoms with E-state index in [2.05, 4.69) is 10.3 Å². The molecule has 1 aromatic heterocycles. The number of hydrogen-bond acceptors (Lipinski definition) is 4. The molecule has 2 N–H and O–H groups in total. The van der Waals surface area contributed by atoms with E-state index in [1.54, 1.807) is 37.1 Å². The van der Waals surface area contributed by atoms with Gasteiger partial charge in [-0.15, -0.1) is 11.8 Å². The monoisotopic (exact) mass is 302 g/mol. The SMILES string of the molecule is CCC(CCCSc1ncccc1Cl)(NC)C(=O)O. The van der Waals surface area contributed by atoms with Crippen LogP contribution < -0.4 is 5.32 Å². The molecule has 0 bridgehead atoms. The molecule has 1 rings (SSSR count). The number of pyridine rings is 1. The zero-order chi connectivity index (χ0) is 14.3. The molecule has 19 heavy (non-hydrogen) atoms. The Balaban J connectivity index is 2.46. The average Bonchev–Trinajstić information content (AvgIpc) is 2.41. The van der Waals surface area contributed by atoms with Gasteiger partial charge in [0.25, 0.3) is 0 Å². The number of carboxylic acids is 1. The van der Waals surface area contributed by atoms with Crippen LogP contribution in [0.5, 0.6) is 0 Å². The molecule has 0 aromatic carbocycles. The van der Waals surface area contributed by atoms with Crippen LogP contribution in [0.2, 0.25) is 5.02 Å². The van der Waals surface area contributed by atoms with Crippen molar-refractivity contribution in [1.29, 1.82) is 0 Å². The number of carbonyl (C=O) groups is 1. The predicted molar refractivity (Wildman–Crippen MR) is 78.9 cm³/mol. The van der Waals surface area contributed by atoms with Crippen molar-refractivity contribution in [2.75, 3.05) is 12.8 Å². The summed E-state index contributed by atoms with van der Waals surface area (Å²) < 4.78 is 0. The number of aromatic nitrogens is 1. The summed E-state index contributed by atoms with van der Waals surface area (Å²) in [5, 5.41) is 13.6. The molecule has 0 saturated heterocycles. The van der Waals surface area contributed by atoms with Crippen LogP contribution in [-0.2, 0) is 4.79 Å². The van der Waals surface area contributed by atoms with Crippen molar-refractivity contribution in [2.24, 2.45) is 0 Å². The molecule has 0 aliphatic rings. The lowest BCUT2D eigenvalue weighted by atomic mass is 9.91. The first-order valence-corrected chi connectivity index (χ1v) is 7.57. The van der Waals surface area contributed by atoms with Crippen molar-refractivity contribution in [3.63, 3.8) is 0 Å². The number of hydrogen-bond donors (Lipinski definition) is 2. The van der Waals surface area contributed by atoms with E-state index < -0.39 is 11.5 Å². The van der Waals surface area contributed by atoms with Gasteiger partial charge in [-0.1, -0.05) is 18.5 Å². The van der Waals surface area contributed by atoms with E-state index in [1.165, 1.54) is 0 Å². The molecule has 4 nitrogen and oxygen atoms in total. The molecule has 0 saturated carbocycles. The molecule has 0 radical (unpaired) electrons. The number of rotatable bonds is 8. The van der Waals surface area contributed by atoms with Gasteiger partial charge in [0.05, 0.1) is 5.02 Å². The van der Waals surface area contributed by atoms with E-state index in [1.807, 2.05) is 6.92 Å². The van der Waals surface area contributed by atoms with E-state index in [9.17, 15) is 9.90 Å². The van der Waals surface area contributed by atoms with Gasteiger partial charge >= 0.3 is 5.97 Å². The van der Waals surface area contributed by atoms with Crippen LogP contribution in [0, 0.1) is 0 Å². The van der Waals surface area contributed by atoms with Crippen molar-refractivity contribution in [1.82, 2.24) is 10.3 Å². The molecule has 1 atom stereocenters. The molecule has 0 aliphatic heterocycles. The zero-order valence-electron chi connectivity index (χ0n) is 11.1. The molecule has 106 valence electrons. The van der Waals surface area contributed by atoms with Gasteiger partial charge in [0.15, 0.2) is 0 Å². The number of nitrogens with one attached hydrogen (secondary N) is 1. The smallest absolute Gasteiger partial charge is 0.323 e. The van der Waals surface area contributed by atoms with Crippen LogP contribution in [-0.4, -0.2) is 34.4 Å². The first-order chi connectivity index (χ1) is 9.05. The van der Waals surface area contributed by atoms with E-state index in [0.29, 0.717) is 17.9 Å². The van der Waals surface area contributed by atoms with Crippen molar-refractivity contribution in [3.05, 3.63) is 23.4 Å². The molecular formula is C13H19ClN2O2S. The fraction of sp³-hybridized carbons (Fsp3) is 0.538. The Bertz CT molecular complexity index is 425. The van der Waals surface area contributed by atoms with Gasteiger partial charge < -0.3 is 10.4 Å². The molecular weight excluding hydrogens is 284 g/mol. The highest BCUT2D eigenvalue weighted by Crippen LogP contribution is 2.26. The molecule has 0 amide bonds. The van der Waals surface area contributed by atoms with E-state index in [0.717, 1.165) is 17.2 Å². The number of thioether (sulfide) groups is 1. The second-order valence-electron chi connectivity index (χ2n) is 4.23. The molecule has 6 heteroatoms. The summed E-state index contributed by atoms with van der Waals surface area (Å²) in [6.45, 7) is 1.88. The van der Waals surface area contributed by atoms with Crippen molar-refractivity contribution in [3.8, 4) is 0 Å². The average molecular weight is 303 g/mol. The van der Waals surface area contributed by atoms with Crippen LogP contribution in [0.3, 0.4) is 0 Å². The number of carboxylic acid groups (broad SMARTS) is 1. The van der Waals surface area contributed by atoms with E-state index >= 15 is 0 Å². The van der Waals surface area contributed by atoms with E-state index in [-0.39, 0.29) is 0 Å². The highest BCUT2D eigenvalue weighted by Gasteiger charge is 2.33. The van der Waals surface area contributed by atoms with Crippen LogP contribution in [0.1, 0.15) is 26.2 Å². The molecule has 0 aliphatic carbocycles. The Kier molecular flexibility index (Phi) is 6.62. The first-order valence-electron chi connectivity index (χ1n) is 6.21. The lowest BCUT2D eigenvalue weighted by Crippen LogP contribution is -2.49. The second-order valence-corrected chi connectivity index (χ2v) is 5.72. The van der Waals surface area contributed by atoms with Crippen molar-refractivity contribution < 1.29 is 9.90 Å². The Morgan fingerprint density at radius 3 is 2.89 bits per heavy atom. The van der Waals surface area contributed by atoms with Gasteiger partial charge in [0.2, 0.25) is 0 Å². The summed E-state index contributed by atoms with van der Waals surface area (Å²) >= 11 is 7.56. The van der Waals surface area contributed by atoms with Crippen molar-refractivity contribution in [2.45, 2.75) is 36.8 Å². The molecule has 0 fully saturated rings. The second kappa shape index (κ2) is 7.72. The maximum absolute atomic E-state index is 11.3. The van der Waals surface area contributed by atoms with Gasteiger partial charge in [-0.3, -0.25) is 4.79 Å².